The van der Waals surface area contributed by atoms with Gasteiger partial charge in [-0.1, -0.05) is 12.2 Å². The summed E-state index contributed by atoms with van der Waals surface area (Å²) in [5.74, 6) is -1.58. The van der Waals surface area contributed by atoms with Gasteiger partial charge in [-0.3, -0.25) is 29.4 Å². The van der Waals surface area contributed by atoms with Crippen LogP contribution < -0.4 is 5.32 Å². The number of hydrogen-bond donors (Lipinski definition) is 1. The van der Waals surface area contributed by atoms with Gasteiger partial charge >= 0.3 is 0 Å². The average Bonchev–Trinajstić information content (AvgIpc) is 2.96. The minimum absolute atomic E-state index is 0.0690. The van der Waals surface area contributed by atoms with Crippen molar-refractivity contribution < 1.29 is 19.3 Å². The van der Waals surface area contributed by atoms with Gasteiger partial charge in [-0.05, 0) is 50.2 Å². The molecule has 4 aliphatic rings. The number of nitro benzene ring substituents is 1. The minimum Gasteiger partial charge on any atom is -0.324 e. The molecule has 3 amide bonds. The fourth-order valence-electron chi connectivity index (χ4n) is 4.74. The Labute approximate surface area is 161 Å². The van der Waals surface area contributed by atoms with Crippen LogP contribution in [0.25, 0.3) is 0 Å². The van der Waals surface area contributed by atoms with E-state index in [1.165, 1.54) is 18.2 Å². The van der Waals surface area contributed by atoms with Crippen molar-refractivity contribution in [1.82, 2.24) is 4.90 Å². The number of carbonyl (C=O) groups is 3. The number of fused-ring (bicyclic) bond motifs is 1. The molecule has 2 fully saturated rings. The third-order valence-electron chi connectivity index (χ3n) is 6.24. The summed E-state index contributed by atoms with van der Waals surface area (Å²) in [5, 5.41) is 13.5. The molecule has 1 aromatic rings. The van der Waals surface area contributed by atoms with Crippen LogP contribution in [0.1, 0.15) is 25.3 Å². The summed E-state index contributed by atoms with van der Waals surface area (Å²) in [4.78, 5) is 50.1. The van der Waals surface area contributed by atoms with E-state index in [-0.39, 0.29) is 41.2 Å². The number of allylic oxidation sites excluding steroid dienone is 2. The number of benzene rings is 1. The number of likely N-dealkylation sites (tertiary alicyclic amines) is 1. The maximum Gasteiger partial charge on any atom is 0.269 e. The second-order valence-electron chi connectivity index (χ2n) is 7.81. The summed E-state index contributed by atoms with van der Waals surface area (Å²) >= 11 is 0. The van der Waals surface area contributed by atoms with E-state index in [1.807, 2.05) is 12.2 Å². The number of nitrogens with zero attached hydrogens (tertiary/aromatic N) is 2. The van der Waals surface area contributed by atoms with Crippen molar-refractivity contribution in [2.75, 3.05) is 5.32 Å². The van der Waals surface area contributed by atoms with Gasteiger partial charge in [0.15, 0.2) is 0 Å². The van der Waals surface area contributed by atoms with Crippen LogP contribution in [0, 0.1) is 40.7 Å². The molecule has 1 aliphatic heterocycles. The predicted octanol–water partition coefficient (Wildman–Crippen LogP) is 2.43. The highest BCUT2D eigenvalue weighted by molar-refractivity contribution is 6.10. The van der Waals surface area contributed by atoms with Crippen molar-refractivity contribution in [3.05, 3.63) is 46.0 Å². The van der Waals surface area contributed by atoms with Crippen LogP contribution in [0.5, 0.6) is 0 Å². The molecule has 1 aromatic carbocycles. The Morgan fingerprint density at radius 1 is 1.18 bits per heavy atom. The van der Waals surface area contributed by atoms with Gasteiger partial charge in [0, 0.05) is 17.8 Å². The number of anilines is 1. The number of hydrogen-bond acceptors (Lipinski definition) is 5. The lowest BCUT2D eigenvalue weighted by molar-refractivity contribution is -0.384. The Morgan fingerprint density at radius 2 is 1.75 bits per heavy atom. The maximum atomic E-state index is 12.9. The van der Waals surface area contributed by atoms with Crippen molar-refractivity contribution in [3.63, 3.8) is 0 Å². The van der Waals surface area contributed by atoms with E-state index in [4.69, 9.17) is 0 Å². The lowest BCUT2D eigenvalue weighted by Gasteiger charge is -2.38. The molecule has 0 spiro atoms. The molecule has 2 bridgehead atoms. The zero-order valence-corrected chi connectivity index (χ0v) is 15.6. The first-order chi connectivity index (χ1) is 13.3. The molecule has 5 atom stereocenters. The van der Waals surface area contributed by atoms with E-state index in [0.717, 1.165) is 17.7 Å². The summed E-state index contributed by atoms with van der Waals surface area (Å²) in [7, 11) is 0. The molecule has 146 valence electrons. The third kappa shape index (κ3) is 2.71. The summed E-state index contributed by atoms with van der Waals surface area (Å²) in [5.41, 5.74) is 0.880. The van der Waals surface area contributed by atoms with E-state index in [1.54, 1.807) is 13.8 Å². The zero-order chi connectivity index (χ0) is 20.2. The molecule has 8 nitrogen and oxygen atoms in total. The summed E-state index contributed by atoms with van der Waals surface area (Å²) in [6.45, 7) is 3.19. The fourth-order valence-corrected chi connectivity index (χ4v) is 4.74. The first kappa shape index (κ1) is 18.3. The van der Waals surface area contributed by atoms with Gasteiger partial charge in [0.25, 0.3) is 5.69 Å². The first-order valence-corrected chi connectivity index (χ1v) is 9.40. The molecule has 5 rings (SSSR count). The number of nitro groups is 1. The van der Waals surface area contributed by atoms with Gasteiger partial charge in [-0.15, -0.1) is 0 Å². The van der Waals surface area contributed by atoms with Gasteiger partial charge in [0.2, 0.25) is 17.7 Å². The number of non-ortho nitro benzene ring substituents is 1. The fraction of sp³-hybridized carbons (Fsp3) is 0.450. The van der Waals surface area contributed by atoms with Gasteiger partial charge < -0.3 is 5.32 Å². The summed E-state index contributed by atoms with van der Waals surface area (Å²) in [6, 6.07) is 3.18. The molecule has 0 aromatic heterocycles. The summed E-state index contributed by atoms with van der Waals surface area (Å²) < 4.78 is 0. The molecular weight excluding hydrogens is 362 g/mol. The third-order valence-corrected chi connectivity index (χ3v) is 6.24. The van der Waals surface area contributed by atoms with E-state index >= 15 is 0 Å². The zero-order valence-electron chi connectivity index (χ0n) is 15.6. The van der Waals surface area contributed by atoms with Gasteiger partial charge in [-0.2, -0.15) is 0 Å². The van der Waals surface area contributed by atoms with Crippen LogP contribution in [-0.2, 0) is 14.4 Å². The van der Waals surface area contributed by atoms with E-state index in [0.29, 0.717) is 11.3 Å². The Hall–Kier alpha value is -3.03. The minimum atomic E-state index is -0.945. The van der Waals surface area contributed by atoms with Crippen LogP contribution in [-0.4, -0.2) is 33.6 Å². The molecule has 8 heteroatoms. The molecule has 1 N–H and O–H groups in total. The molecular formula is C20H21N3O5. The number of aryl methyl sites for hydroxylation is 1. The number of amides is 3. The SMILES string of the molecule is Cc1cc([N+](=O)[O-])ccc1NC(=O)[C@@H](C)N1C(=O)[C@@H]2[C@H](C1=O)[C@H]1C=C[C@H]2CC1. The van der Waals surface area contributed by atoms with Crippen molar-refractivity contribution >= 4 is 29.1 Å². The molecule has 0 radical (unpaired) electrons. The Kier molecular flexibility index (Phi) is 4.28. The quantitative estimate of drug-likeness (QED) is 0.372. The predicted molar refractivity (Wildman–Crippen MR) is 100 cm³/mol. The standard InChI is InChI=1S/C20H21N3O5/c1-10-9-14(23(27)28)7-8-15(10)21-18(24)11(2)22-19(25)16-12-3-4-13(6-5-12)17(16)20(22)26/h3-4,7-9,11-13,16-17H,5-6H2,1-2H3,(H,21,24)/t11-,12+,13+,16-,17+/m1/s1. The second-order valence-corrected chi connectivity index (χ2v) is 7.81. The maximum absolute atomic E-state index is 12.9. The van der Waals surface area contributed by atoms with Gasteiger partial charge in [-0.25, -0.2) is 0 Å². The number of carbonyl (C=O) groups excluding carboxylic acids is 3. The summed E-state index contributed by atoms with van der Waals surface area (Å²) in [6.07, 6.45) is 5.87. The first-order valence-electron chi connectivity index (χ1n) is 9.40. The smallest absolute Gasteiger partial charge is 0.269 e. The van der Waals surface area contributed by atoms with Gasteiger partial charge in [0.05, 0.1) is 16.8 Å². The average molecular weight is 383 g/mol. The molecule has 1 saturated heterocycles. The lowest BCUT2D eigenvalue weighted by atomic mass is 9.63. The highest BCUT2D eigenvalue weighted by Crippen LogP contribution is 2.50. The van der Waals surface area contributed by atoms with Crippen molar-refractivity contribution in [2.24, 2.45) is 23.7 Å². The molecule has 0 unspecified atom stereocenters. The highest BCUT2D eigenvalue weighted by Gasteiger charge is 2.58. The number of nitrogens with one attached hydrogen (secondary N) is 1. The normalized spacial score (nSPS) is 29.0. The van der Waals surface area contributed by atoms with E-state index in [2.05, 4.69) is 5.32 Å². The van der Waals surface area contributed by atoms with E-state index in [9.17, 15) is 24.5 Å². The van der Waals surface area contributed by atoms with E-state index < -0.39 is 16.9 Å². The van der Waals surface area contributed by atoms with Crippen LogP contribution >= 0.6 is 0 Å². The monoisotopic (exact) mass is 383 g/mol. The van der Waals surface area contributed by atoms with Gasteiger partial charge in [0.1, 0.15) is 6.04 Å². The lowest BCUT2D eigenvalue weighted by Crippen LogP contribution is -2.46. The Balaban J connectivity index is 1.52. The van der Waals surface area contributed by atoms with Crippen LogP contribution in [0.15, 0.2) is 30.4 Å². The Morgan fingerprint density at radius 3 is 2.21 bits per heavy atom. The van der Waals surface area contributed by atoms with Crippen molar-refractivity contribution in [2.45, 2.75) is 32.7 Å². The molecule has 1 saturated carbocycles. The Bertz CT molecular complexity index is 892. The number of imide groups is 1. The molecule has 3 aliphatic carbocycles. The van der Waals surface area contributed by atoms with Crippen molar-refractivity contribution in [3.8, 4) is 0 Å². The molecule has 28 heavy (non-hydrogen) atoms. The number of rotatable bonds is 4. The van der Waals surface area contributed by atoms with Crippen LogP contribution in [0.2, 0.25) is 0 Å². The largest absolute Gasteiger partial charge is 0.324 e. The van der Waals surface area contributed by atoms with Crippen LogP contribution in [0.4, 0.5) is 11.4 Å². The highest BCUT2D eigenvalue weighted by atomic mass is 16.6. The van der Waals surface area contributed by atoms with Crippen LogP contribution in [0.3, 0.4) is 0 Å². The van der Waals surface area contributed by atoms with Crippen molar-refractivity contribution in [1.29, 1.82) is 0 Å². The topological polar surface area (TPSA) is 110 Å². The molecule has 1 heterocycles. The second kappa shape index (κ2) is 6.54.